The fourth-order valence-electron chi connectivity index (χ4n) is 2.70. The monoisotopic (exact) mass is 426 g/mol. The molecule has 9 heteroatoms. The fraction of sp³-hybridized carbons (Fsp3) is 0.238. The smallest absolute Gasteiger partial charge is 0.294 e. The molecule has 0 radical (unpaired) electrons. The number of nitrogens with one attached hydrogen (secondary N) is 2. The van der Waals surface area contributed by atoms with Crippen LogP contribution in [0.15, 0.2) is 52.4 Å². The van der Waals surface area contributed by atoms with Crippen LogP contribution in [0, 0.1) is 11.8 Å². The summed E-state index contributed by atoms with van der Waals surface area (Å²) in [5, 5.41) is 13.1. The molecule has 0 aliphatic heterocycles. The third-order valence-corrected chi connectivity index (χ3v) is 5.08. The third kappa shape index (κ3) is 5.59. The number of para-hydroxylation sites is 2. The molecule has 8 nitrogen and oxygen atoms in total. The Hall–Kier alpha value is -3.35. The molecule has 0 atom stereocenters. The Balaban J connectivity index is 1.91. The molecule has 3 aromatic rings. The summed E-state index contributed by atoms with van der Waals surface area (Å²) in [5.74, 6) is 6.20. The lowest BCUT2D eigenvalue weighted by molar-refractivity contribution is 0.468. The van der Waals surface area contributed by atoms with E-state index in [1.807, 2.05) is 24.3 Å². The summed E-state index contributed by atoms with van der Waals surface area (Å²) in [5.41, 5.74) is 1.78. The van der Waals surface area contributed by atoms with E-state index < -0.39 is 15.0 Å². The Morgan fingerprint density at radius 1 is 1.23 bits per heavy atom. The van der Waals surface area contributed by atoms with Crippen molar-refractivity contribution in [3.05, 3.63) is 42.5 Å². The highest BCUT2D eigenvalue weighted by Crippen LogP contribution is 2.26. The largest absolute Gasteiger partial charge is 0.506 e. The zero-order chi connectivity index (χ0) is 21.6. The van der Waals surface area contributed by atoms with Gasteiger partial charge in [0.05, 0.1) is 21.6 Å². The van der Waals surface area contributed by atoms with Crippen LogP contribution in [0.2, 0.25) is 0 Å². The number of nitrogens with zero attached hydrogens (tertiary/aromatic N) is 2. The summed E-state index contributed by atoms with van der Waals surface area (Å²) in [6.45, 7) is 2.11. The molecule has 0 aliphatic rings. The molecular formula is C21H22N4O4S. The second-order valence-electron chi connectivity index (χ2n) is 6.58. The Kier molecular flexibility index (Phi) is 6.72. The molecular weight excluding hydrogens is 404 g/mol. The first kappa shape index (κ1) is 21.4. The van der Waals surface area contributed by atoms with Gasteiger partial charge in [-0.15, -0.1) is 0 Å². The van der Waals surface area contributed by atoms with Crippen molar-refractivity contribution in [2.24, 2.45) is 4.99 Å². The zero-order valence-electron chi connectivity index (χ0n) is 16.4. The first-order valence-electron chi connectivity index (χ1n) is 9.46. The van der Waals surface area contributed by atoms with Gasteiger partial charge < -0.3 is 15.4 Å². The minimum absolute atomic E-state index is 0.195. The number of phenolic OH excluding ortho intramolecular Hbond substituents is 1. The van der Waals surface area contributed by atoms with Crippen LogP contribution in [0.1, 0.15) is 32.6 Å². The van der Waals surface area contributed by atoms with Gasteiger partial charge in [0.15, 0.2) is 5.84 Å². The van der Waals surface area contributed by atoms with Crippen LogP contribution in [0.5, 0.6) is 5.75 Å². The average Bonchev–Trinajstić information content (AvgIpc) is 3.10. The van der Waals surface area contributed by atoms with E-state index in [0.29, 0.717) is 12.4 Å². The molecule has 156 valence electrons. The SMILES string of the molecule is CCCCCC#C/C(=N/c1nc2ccccc2[nH]1)Nc1ccc(S(=O)(=O)O)cc1O. The maximum Gasteiger partial charge on any atom is 0.294 e. The first-order valence-corrected chi connectivity index (χ1v) is 10.9. The van der Waals surface area contributed by atoms with Gasteiger partial charge in [0.25, 0.3) is 10.1 Å². The van der Waals surface area contributed by atoms with Crippen molar-refractivity contribution in [2.45, 2.75) is 37.5 Å². The van der Waals surface area contributed by atoms with Gasteiger partial charge in [-0.25, -0.2) is 4.98 Å². The number of hydrogen-bond acceptors (Lipinski definition) is 5. The van der Waals surface area contributed by atoms with Gasteiger partial charge in [-0.3, -0.25) is 4.55 Å². The van der Waals surface area contributed by atoms with E-state index in [1.54, 1.807) is 0 Å². The number of aromatic amines is 1. The minimum atomic E-state index is -4.42. The number of anilines is 1. The quantitative estimate of drug-likeness (QED) is 0.117. The Labute approximate surface area is 174 Å². The van der Waals surface area contributed by atoms with E-state index in [9.17, 15) is 13.5 Å². The second kappa shape index (κ2) is 9.43. The summed E-state index contributed by atoms with van der Waals surface area (Å²) in [4.78, 5) is 11.5. The Morgan fingerprint density at radius 2 is 2.03 bits per heavy atom. The van der Waals surface area contributed by atoms with Gasteiger partial charge in [-0.1, -0.05) is 37.8 Å². The molecule has 0 fully saturated rings. The lowest BCUT2D eigenvalue weighted by atomic mass is 10.2. The maximum absolute atomic E-state index is 11.2. The van der Waals surface area contributed by atoms with E-state index in [0.717, 1.165) is 36.4 Å². The van der Waals surface area contributed by atoms with Crippen molar-refractivity contribution in [1.82, 2.24) is 9.97 Å². The van der Waals surface area contributed by atoms with E-state index in [2.05, 4.69) is 39.0 Å². The molecule has 0 aliphatic carbocycles. The van der Waals surface area contributed by atoms with E-state index in [-0.39, 0.29) is 17.3 Å². The summed E-state index contributed by atoms with van der Waals surface area (Å²) in [6.07, 6.45) is 3.84. The molecule has 1 heterocycles. The van der Waals surface area contributed by atoms with Crippen molar-refractivity contribution in [1.29, 1.82) is 0 Å². The molecule has 0 bridgehead atoms. The first-order chi connectivity index (χ1) is 14.4. The van der Waals surface area contributed by atoms with Crippen LogP contribution < -0.4 is 5.32 Å². The number of amidine groups is 1. The fourth-order valence-corrected chi connectivity index (χ4v) is 3.20. The van der Waals surface area contributed by atoms with Crippen molar-refractivity contribution in [2.75, 3.05) is 5.32 Å². The summed E-state index contributed by atoms with van der Waals surface area (Å²) < 4.78 is 31.6. The number of aromatic nitrogens is 2. The summed E-state index contributed by atoms with van der Waals surface area (Å²) in [6, 6.07) is 10.9. The molecule has 0 saturated heterocycles. The number of aromatic hydroxyl groups is 1. The van der Waals surface area contributed by atoms with Crippen LogP contribution in [0.4, 0.5) is 11.6 Å². The highest BCUT2D eigenvalue weighted by molar-refractivity contribution is 7.85. The number of aliphatic imine (C=N–C) groups is 1. The Morgan fingerprint density at radius 3 is 2.73 bits per heavy atom. The topological polar surface area (TPSA) is 128 Å². The molecule has 3 rings (SSSR count). The molecule has 0 saturated carbocycles. The number of fused-ring (bicyclic) bond motifs is 1. The molecule has 30 heavy (non-hydrogen) atoms. The van der Waals surface area contributed by atoms with Gasteiger partial charge in [0.1, 0.15) is 5.75 Å². The van der Waals surface area contributed by atoms with Gasteiger partial charge in [0.2, 0.25) is 5.95 Å². The van der Waals surface area contributed by atoms with E-state index in [4.69, 9.17) is 4.55 Å². The highest BCUT2D eigenvalue weighted by atomic mass is 32.2. The Bertz CT molecular complexity index is 1200. The van der Waals surface area contributed by atoms with Gasteiger partial charge in [-0.2, -0.15) is 13.4 Å². The van der Waals surface area contributed by atoms with Crippen LogP contribution >= 0.6 is 0 Å². The number of hydrogen-bond donors (Lipinski definition) is 4. The molecule has 1 aromatic heterocycles. The maximum atomic E-state index is 11.2. The van der Waals surface area contributed by atoms with Crippen molar-refractivity contribution < 1.29 is 18.1 Å². The second-order valence-corrected chi connectivity index (χ2v) is 8.00. The van der Waals surface area contributed by atoms with Crippen LogP contribution in [0.3, 0.4) is 0 Å². The van der Waals surface area contributed by atoms with Crippen molar-refractivity contribution in [3.63, 3.8) is 0 Å². The van der Waals surface area contributed by atoms with Crippen LogP contribution in [-0.2, 0) is 10.1 Å². The summed E-state index contributed by atoms with van der Waals surface area (Å²) >= 11 is 0. The minimum Gasteiger partial charge on any atom is -0.506 e. The van der Waals surface area contributed by atoms with Crippen LogP contribution in [0.25, 0.3) is 11.0 Å². The number of phenols is 1. The lowest BCUT2D eigenvalue weighted by Gasteiger charge is -2.08. The van der Waals surface area contributed by atoms with E-state index in [1.165, 1.54) is 12.1 Å². The van der Waals surface area contributed by atoms with Gasteiger partial charge >= 0.3 is 0 Å². The number of benzene rings is 2. The van der Waals surface area contributed by atoms with Crippen LogP contribution in [-0.4, -0.2) is 33.9 Å². The number of imidazole rings is 1. The molecule has 0 unspecified atom stereocenters. The lowest BCUT2D eigenvalue weighted by Crippen LogP contribution is -2.10. The van der Waals surface area contributed by atoms with E-state index >= 15 is 0 Å². The molecule has 2 aromatic carbocycles. The van der Waals surface area contributed by atoms with Gasteiger partial charge in [0, 0.05) is 12.5 Å². The summed E-state index contributed by atoms with van der Waals surface area (Å²) in [7, 11) is -4.42. The number of unbranched alkanes of at least 4 members (excludes halogenated alkanes) is 3. The number of H-pyrrole nitrogens is 1. The normalized spacial score (nSPS) is 11.9. The third-order valence-electron chi connectivity index (χ3n) is 4.23. The van der Waals surface area contributed by atoms with Crippen molar-refractivity contribution >= 4 is 38.6 Å². The zero-order valence-corrected chi connectivity index (χ0v) is 17.2. The number of rotatable bonds is 6. The predicted octanol–water partition coefficient (Wildman–Crippen LogP) is 4.24. The predicted molar refractivity (Wildman–Crippen MR) is 117 cm³/mol. The molecule has 0 amide bonds. The molecule has 4 N–H and O–H groups in total. The van der Waals surface area contributed by atoms with Gasteiger partial charge in [-0.05, 0) is 36.6 Å². The highest BCUT2D eigenvalue weighted by Gasteiger charge is 2.13. The molecule has 0 spiro atoms. The average molecular weight is 426 g/mol. The standard InChI is InChI=1S/C21H22N4O4S/c1-2-3-4-5-6-11-20(25-21-23-16-9-7-8-10-17(16)24-21)22-18-13-12-15(14-19(18)26)30(27,28)29/h7-10,12-14,26H,2-5H2,1H3,(H,27,28,29)(H2,22,23,24,25). The van der Waals surface area contributed by atoms with Crippen molar-refractivity contribution in [3.8, 4) is 17.6 Å².